The highest BCUT2D eigenvalue weighted by atomic mass is 32.1. The maximum atomic E-state index is 5.66. The highest BCUT2D eigenvalue weighted by Gasteiger charge is 2.06. The van der Waals surface area contributed by atoms with Crippen LogP contribution in [0, 0.1) is 6.92 Å². The third kappa shape index (κ3) is 3.73. The predicted molar refractivity (Wildman–Crippen MR) is 92.2 cm³/mol. The molecule has 0 aliphatic heterocycles. The van der Waals surface area contributed by atoms with E-state index in [9.17, 15) is 0 Å². The Bertz CT molecular complexity index is 638. The quantitative estimate of drug-likeness (QED) is 0.860. The summed E-state index contributed by atoms with van der Waals surface area (Å²) in [6.45, 7) is 2.91. The largest absolute Gasteiger partial charge is 0.497 e. The van der Waals surface area contributed by atoms with E-state index in [4.69, 9.17) is 22.7 Å². The van der Waals surface area contributed by atoms with E-state index in [-0.39, 0.29) is 0 Å². The molecule has 0 fully saturated rings. The van der Waals surface area contributed by atoms with E-state index < -0.39 is 0 Å². The lowest BCUT2D eigenvalue weighted by molar-refractivity contribution is 0.415. The molecule has 0 aliphatic carbocycles. The van der Waals surface area contributed by atoms with Gasteiger partial charge in [0.2, 0.25) is 0 Å². The molecule has 0 heterocycles. The van der Waals surface area contributed by atoms with E-state index in [1.54, 1.807) is 7.11 Å². The highest BCUT2D eigenvalue weighted by Crippen LogP contribution is 2.21. The Morgan fingerprint density at radius 1 is 1.19 bits per heavy atom. The molecule has 0 aliphatic rings. The van der Waals surface area contributed by atoms with Gasteiger partial charge in [-0.15, -0.1) is 0 Å². The number of anilines is 1. The van der Waals surface area contributed by atoms with E-state index in [1.165, 1.54) is 11.1 Å². The van der Waals surface area contributed by atoms with Crippen LogP contribution in [0.15, 0.2) is 42.5 Å². The monoisotopic (exact) mass is 300 g/mol. The van der Waals surface area contributed by atoms with Crippen LogP contribution in [0.25, 0.3) is 0 Å². The summed E-state index contributed by atoms with van der Waals surface area (Å²) in [4.78, 5) is 2.63. The Morgan fingerprint density at radius 2 is 1.86 bits per heavy atom. The lowest BCUT2D eigenvalue weighted by Crippen LogP contribution is -2.17. The van der Waals surface area contributed by atoms with Crippen LogP contribution in [0.2, 0.25) is 0 Å². The van der Waals surface area contributed by atoms with Crippen LogP contribution in [-0.2, 0) is 6.54 Å². The number of rotatable bonds is 5. The van der Waals surface area contributed by atoms with Crippen LogP contribution in [0.1, 0.15) is 16.7 Å². The Kier molecular flexibility index (Phi) is 4.81. The summed E-state index contributed by atoms with van der Waals surface area (Å²) in [5.41, 5.74) is 10.2. The topological polar surface area (TPSA) is 38.5 Å². The van der Waals surface area contributed by atoms with Crippen molar-refractivity contribution in [3.05, 3.63) is 59.2 Å². The second kappa shape index (κ2) is 6.59. The molecular weight excluding hydrogens is 280 g/mol. The van der Waals surface area contributed by atoms with Gasteiger partial charge in [-0.3, -0.25) is 0 Å². The minimum absolute atomic E-state index is 0.438. The van der Waals surface area contributed by atoms with Crippen LogP contribution < -0.4 is 15.4 Å². The minimum Gasteiger partial charge on any atom is -0.497 e. The van der Waals surface area contributed by atoms with Gasteiger partial charge in [-0.2, -0.15) is 0 Å². The SMILES string of the molecule is COc1ccc(N(C)Cc2ccc(C(N)=S)cc2C)cc1. The Balaban J connectivity index is 2.14. The summed E-state index contributed by atoms with van der Waals surface area (Å²) in [5.74, 6) is 0.865. The van der Waals surface area contributed by atoms with Crippen LogP contribution >= 0.6 is 12.2 Å². The van der Waals surface area contributed by atoms with Crippen molar-refractivity contribution < 1.29 is 4.74 Å². The molecule has 2 aromatic carbocycles. The third-order valence-electron chi connectivity index (χ3n) is 3.55. The van der Waals surface area contributed by atoms with Crippen LogP contribution in [0.3, 0.4) is 0 Å². The molecule has 0 radical (unpaired) electrons. The Labute approximate surface area is 131 Å². The number of aryl methyl sites for hydroxylation is 1. The maximum Gasteiger partial charge on any atom is 0.119 e. The van der Waals surface area contributed by atoms with Crippen molar-refractivity contribution in [2.45, 2.75) is 13.5 Å². The molecular formula is C17H20N2OS. The van der Waals surface area contributed by atoms with Gasteiger partial charge in [0.1, 0.15) is 10.7 Å². The molecule has 0 unspecified atom stereocenters. The van der Waals surface area contributed by atoms with Crippen molar-refractivity contribution in [2.24, 2.45) is 5.73 Å². The first-order chi connectivity index (χ1) is 10.0. The average Bonchev–Trinajstić information content (AvgIpc) is 2.49. The molecule has 0 bridgehead atoms. The maximum absolute atomic E-state index is 5.66. The molecule has 2 aromatic rings. The number of hydrogen-bond acceptors (Lipinski definition) is 3. The average molecular weight is 300 g/mol. The number of thiocarbonyl (C=S) groups is 1. The summed E-state index contributed by atoms with van der Waals surface area (Å²) in [6.07, 6.45) is 0. The molecule has 0 aromatic heterocycles. The Morgan fingerprint density at radius 3 is 2.38 bits per heavy atom. The van der Waals surface area contributed by atoms with Crippen molar-refractivity contribution >= 4 is 22.9 Å². The predicted octanol–water partition coefficient (Wildman–Crippen LogP) is 3.27. The number of methoxy groups -OCH3 is 1. The zero-order chi connectivity index (χ0) is 15.4. The van der Waals surface area contributed by atoms with Gasteiger partial charge in [0, 0.05) is 24.8 Å². The molecule has 3 nitrogen and oxygen atoms in total. The van der Waals surface area contributed by atoms with Crippen molar-refractivity contribution in [3.63, 3.8) is 0 Å². The molecule has 2 N–H and O–H groups in total. The van der Waals surface area contributed by atoms with Gasteiger partial charge < -0.3 is 15.4 Å². The summed E-state index contributed by atoms with van der Waals surface area (Å²) in [5, 5.41) is 0. The van der Waals surface area contributed by atoms with Crippen molar-refractivity contribution in [1.29, 1.82) is 0 Å². The molecule has 4 heteroatoms. The van der Waals surface area contributed by atoms with Crippen molar-refractivity contribution in [3.8, 4) is 5.75 Å². The van der Waals surface area contributed by atoms with Gasteiger partial charge in [-0.1, -0.05) is 24.4 Å². The van der Waals surface area contributed by atoms with E-state index in [1.807, 2.05) is 24.3 Å². The number of nitrogens with two attached hydrogens (primary N) is 1. The summed E-state index contributed by atoms with van der Waals surface area (Å²) < 4.78 is 5.18. The molecule has 0 atom stereocenters. The first kappa shape index (κ1) is 15.3. The molecule has 0 saturated carbocycles. The fourth-order valence-electron chi connectivity index (χ4n) is 2.21. The molecule has 0 saturated heterocycles. The van der Waals surface area contributed by atoms with E-state index in [2.05, 4.69) is 37.1 Å². The second-order valence-corrected chi connectivity index (χ2v) is 5.50. The first-order valence-electron chi connectivity index (χ1n) is 6.76. The molecule has 0 amide bonds. The van der Waals surface area contributed by atoms with Crippen LogP contribution in [-0.4, -0.2) is 19.1 Å². The van der Waals surface area contributed by atoms with E-state index >= 15 is 0 Å². The van der Waals surface area contributed by atoms with Crippen molar-refractivity contribution in [2.75, 3.05) is 19.1 Å². The fourth-order valence-corrected chi connectivity index (χ4v) is 2.34. The molecule has 21 heavy (non-hydrogen) atoms. The van der Waals surface area contributed by atoms with E-state index in [0.717, 1.165) is 23.5 Å². The first-order valence-corrected chi connectivity index (χ1v) is 7.16. The lowest BCUT2D eigenvalue weighted by Gasteiger charge is -2.21. The fraction of sp³-hybridized carbons (Fsp3) is 0.235. The zero-order valence-corrected chi connectivity index (χ0v) is 13.4. The second-order valence-electron chi connectivity index (χ2n) is 5.06. The number of benzene rings is 2. The van der Waals surface area contributed by atoms with Gasteiger partial charge in [0.25, 0.3) is 0 Å². The molecule has 0 spiro atoms. The van der Waals surface area contributed by atoms with Crippen LogP contribution in [0.5, 0.6) is 5.75 Å². The smallest absolute Gasteiger partial charge is 0.119 e. The van der Waals surface area contributed by atoms with Gasteiger partial charge in [-0.05, 0) is 48.4 Å². The normalized spacial score (nSPS) is 10.2. The lowest BCUT2D eigenvalue weighted by atomic mass is 10.0. The van der Waals surface area contributed by atoms with Gasteiger partial charge in [0.05, 0.1) is 7.11 Å². The van der Waals surface area contributed by atoms with Crippen molar-refractivity contribution in [1.82, 2.24) is 0 Å². The van der Waals surface area contributed by atoms with Crippen LogP contribution in [0.4, 0.5) is 5.69 Å². The minimum atomic E-state index is 0.438. The summed E-state index contributed by atoms with van der Waals surface area (Å²) in [6, 6.07) is 14.1. The summed E-state index contributed by atoms with van der Waals surface area (Å²) >= 11 is 5.01. The third-order valence-corrected chi connectivity index (χ3v) is 3.78. The van der Waals surface area contributed by atoms with Gasteiger partial charge >= 0.3 is 0 Å². The number of ether oxygens (including phenoxy) is 1. The van der Waals surface area contributed by atoms with Gasteiger partial charge in [-0.25, -0.2) is 0 Å². The number of nitrogens with zero attached hydrogens (tertiary/aromatic N) is 1. The zero-order valence-electron chi connectivity index (χ0n) is 12.6. The molecule has 110 valence electrons. The summed E-state index contributed by atoms with van der Waals surface area (Å²) in [7, 11) is 3.74. The van der Waals surface area contributed by atoms with E-state index in [0.29, 0.717) is 4.99 Å². The highest BCUT2D eigenvalue weighted by molar-refractivity contribution is 7.80. The standard InChI is InChI=1S/C17H20N2OS/c1-12-10-13(17(18)21)4-5-14(12)11-19(2)15-6-8-16(20-3)9-7-15/h4-10H,11H2,1-3H3,(H2,18,21). The Hall–Kier alpha value is -2.07. The molecule has 2 rings (SSSR count). The van der Waals surface area contributed by atoms with Gasteiger partial charge in [0.15, 0.2) is 0 Å². The number of hydrogen-bond donors (Lipinski definition) is 1.